The molecule has 1 N–H and O–H groups in total. The van der Waals surface area contributed by atoms with Gasteiger partial charge in [0.2, 0.25) is 11.0 Å². The fourth-order valence-corrected chi connectivity index (χ4v) is 2.92. The highest BCUT2D eigenvalue weighted by Crippen LogP contribution is 2.26. The summed E-state index contributed by atoms with van der Waals surface area (Å²) >= 11 is 0.976. The molecule has 0 bridgehead atoms. The minimum Gasteiger partial charge on any atom is -0.480 e. The quantitative estimate of drug-likeness (QED) is 0.897. The van der Waals surface area contributed by atoms with Crippen molar-refractivity contribution in [3.8, 4) is 0 Å². The number of rotatable bonds is 4. The van der Waals surface area contributed by atoms with Crippen LogP contribution < -0.4 is 0 Å². The van der Waals surface area contributed by atoms with Crippen LogP contribution in [-0.4, -0.2) is 45.3 Å². The van der Waals surface area contributed by atoms with E-state index in [2.05, 4.69) is 0 Å². The van der Waals surface area contributed by atoms with Crippen molar-refractivity contribution in [3.05, 3.63) is 35.9 Å². The number of amides is 1. The monoisotopic (exact) mass is 279 g/mol. The molecule has 1 atom stereocenters. The number of carboxylic acid groups (broad SMARTS) is 1. The highest BCUT2D eigenvalue weighted by atomic mass is 32.2. The van der Waals surface area contributed by atoms with Crippen molar-refractivity contribution in [2.24, 2.45) is 0 Å². The third-order valence-corrected chi connectivity index (χ3v) is 4.00. The molecule has 6 heteroatoms. The van der Waals surface area contributed by atoms with Crippen LogP contribution in [0.2, 0.25) is 0 Å². The van der Waals surface area contributed by atoms with E-state index in [0.29, 0.717) is 18.5 Å². The minimum absolute atomic E-state index is 0.156. The maximum Gasteiger partial charge on any atom is 0.323 e. The van der Waals surface area contributed by atoms with Crippen LogP contribution in [0, 0.1) is 0 Å². The number of carboxylic acids is 1. The van der Waals surface area contributed by atoms with Crippen molar-refractivity contribution in [2.75, 3.05) is 13.1 Å². The number of thioether (sulfide) groups is 1. The van der Waals surface area contributed by atoms with E-state index in [1.54, 1.807) is 24.3 Å². The third-order valence-electron chi connectivity index (χ3n) is 2.83. The number of likely N-dealkylation sites (tertiary alicyclic amines) is 1. The molecule has 0 radical (unpaired) electrons. The standard InChI is InChI=1S/C13H13NO4S/c15-11(16)8-14-7-6-10(12(14)17)19-13(18)9-4-2-1-3-5-9/h1-5,10H,6-8H2,(H,15,16). The van der Waals surface area contributed by atoms with Gasteiger partial charge < -0.3 is 10.0 Å². The Morgan fingerprint density at radius 3 is 2.63 bits per heavy atom. The zero-order valence-corrected chi connectivity index (χ0v) is 10.9. The lowest BCUT2D eigenvalue weighted by Crippen LogP contribution is -2.33. The Hall–Kier alpha value is -1.82. The molecule has 1 unspecified atom stereocenters. The van der Waals surface area contributed by atoms with Gasteiger partial charge in [-0.3, -0.25) is 14.4 Å². The smallest absolute Gasteiger partial charge is 0.323 e. The zero-order chi connectivity index (χ0) is 13.8. The lowest BCUT2D eigenvalue weighted by atomic mass is 10.2. The van der Waals surface area contributed by atoms with Gasteiger partial charge in [0.1, 0.15) is 6.54 Å². The summed E-state index contributed by atoms with van der Waals surface area (Å²) < 4.78 is 0. The van der Waals surface area contributed by atoms with Crippen LogP contribution in [0.25, 0.3) is 0 Å². The van der Waals surface area contributed by atoms with Crippen molar-refractivity contribution in [1.29, 1.82) is 0 Å². The molecule has 0 saturated carbocycles. The first kappa shape index (κ1) is 13.6. The van der Waals surface area contributed by atoms with E-state index in [1.165, 1.54) is 4.90 Å². The van der Waals surface area contributed by atoms with Crippen LogP contribution >= 0.6 is 11.8 Å². The first-order chi connectivity index (χ1) is 9.08. The summed E-state index contributed by atoms with van der Waals surface area (Å²) in [6.45, 7) is 0.0975. The number of hydrogen-bond donors (Lipinski definition) is 1. The van der Waals surface area contributed by atoms with Crippen molar-refractivity contribution >= 4 is 28.8 Å². The van der Waals surface area contributed by atoms with Gasteiger partial charge in [-0.2, -0.15) is 0 Å². The molecule has 0 spiro atoms. The average Bonchev–Trinajstić information content (AvgIpc) is 2.72. The Kier molecular flexibility index (Phi) is 4.21. The number of carbonyl (C=O) groups excluding carboxylic acids is 2. The largest absolute Gasteiger partial charge is 0.480 e. The highest BCUT2D eigenvalue weighted by Gasteiger charge is 2.34. The summed E-state index contributed by atoms with van der Waals surface area (Å²) in [5.41, 5.74) is 0.553. The Morgan fingerprint density at radius 1 is 1.32 bits per heavy atom. The van der Waals surface area contributed by atoms with Gasteiger partial charge >= 0.3 is 5.97 Å². The molecular formula is C13H13NO4S. The molecule has 2 rings (SSSR count). The molecule has 1 saturated heterocycles. The topological polar surface area (TPSA) is 74.7 Å². The van der Waals surface area contributed by atoms with E-state index in [0.717, 1.165) is 11.8 Å². The molecule has 0 aromatic heterocycles. The Bertz CT molecular complexity index is 503. The van der Waals surface area contributed by atoms with Crippen molar-refractivity contribution in [1.82, 2.24) is 4.90 Å². The fraction of sp³-hybridized carbons (Fsp3) is 0.308. The average molecular weight is 279 g/mol. The van der Waals surface area contributed by atoms with E-state index in [4.69, 9.17) is 5.11 Å². The molecule has 0 aliphatic carbocycles. The molecular weight excluding hydrogens is 266 g/mol. The minimum atomic E-state index is -1.03. The lowest BCUT2D eigenvalue weighted by Gasteiger charge is -2.13. The number of hydrogen-bond acceptors (Lipinski definition) is 4. The van der Waals surface area contributed by atoms with Crippen molar-refractivity contribution in [3.63, 3.8) is 0 Å². The number of nitrogens with zero attached hydrogens (tertiary/aromatic N) is 1. The Balaban J connectivity index is 1.96. The van der Waals surface area contributed by atoms with Crippen LogP contribution in [0.1, 0.15) is 16.8 Å². The van der Waals surface area contributed by atoms with Gasteiger partial charge in [-0.1, -0.05) is 42.1 Å². The van der Waals surface area contributed by atoms with Gasteiger partial charge in [0.15, 0.2) is 0 Å². The van der Waals surface area contributed by atoms with Gasteiger partial charge in [-0.05, 0) is 6.42 Å². The molecule has 19 heavy (non-hydrogen) atoms. The highest BCUT2D eigenvalue weighted by molar-refractivity contribution is 8.15. The predicted octanol–water partition coefficient (Wildman–Crippen LogP) is 1.25. The molecule has 1 amide bonds. The molecule has 1 aromatic rings. The maximum atomic E-state index is 12.0. The van der Waals surface area contributed by atoms with Gasteiger partial charge in [0.25, 0.3) is 0 Å². The van der Waals surface area contributed by atoms with Gasteiger partial charge in [-0.25, -0.2) is 0 Å². The van der Waals surface area contributed by atoms with Crippen LogP contribution in [-0.2, 0) is 9.59 Å². The second-order valence-electron chi connectivity index (χ2n) is 4.20. The second-order valence-corrected chi connectivity index (χ2v) is 5.38. The van der Waals surface area contributed by atoms with Crippen molar-refractivity contribution in [2.45, 2.75) is 11.7 Å². The van der Waals surface area contributed by atoms with E-state index in [1.807, 2.05) is 6.07 Å². The summed E-state index contributed by atoms with van der Waals surface area (Å²) in [4.78, 5) is 35.7. The summed E-state index contributed by atoms with van der Waals surface area (Å²) in [7, 11) is 0. The molecule has 1 aliphatic rings. The second kappa shape index (κ2) is 5.88. The predicted molar refractivity (Wildman–Crippen MR) is 71.0 cm³/mol. The van der Waals surface area contributed by atoms with E-state index >= 15 is 0 Å². The molecule has 1 heterocycles. The van der Waals surface area contributed by atoms with Gasteiger partial charge in [0, 0.05) is 12.1 Å². The van der Waals surface area contributed by atoms with Gasteiger partial charge in [0.05, 0.1) is 5.25 Å². The molecule has 1 fully saturated rings. The number of aliphatic carboxylic acids is 1. The van der Waals surface area contributed by atoms with E-state index in [-0.39, 0.29) is 17.6 Å². The van der Waals surface area contributed by atoms with Crippen LogP contribution in [0.5, 0.6) is 0 Å². The summed E-state index contributed by atoms with van der Waals surface area (Å²) in [5.74, 6) is -1.30. The SMILES string of the molecule is O=C(O)CN1CCC(SC(=O)c2ccccc2)C1=O. The zero-order valence-electron chi connectivity index (χ0n) is 10.1. The first-order valence-electron chi connectivity index (χ1n) is 5.84. The molecule has 100 valence electrons. The van der Waals surface area contributed by atoms with Crippen LogP contribution in [0.3, 0.4) is 0 Å². The summed E-state index contributed by atoms with van der Waals surface area (Å²) in [6.07, 6.45) is 0.509. The van der Waals surface area contributed by atoms with E-state index < -0.39 is 11.2 Å². The maximum absolute atomic E-state index is 12.0. The Labute approximate surface area is 114 Å². The normalized spacial score (nSPS) is 18.6. The van der Waals surface area contributed by atoms with Crippen LogP contribution in [0.4, 0.5) is 0 Å². The van der Waals surface area contributed by atoms with Gasteiger partial charge in [-0.15, -0.1) is 0 Å². The third kappa shape index (κ3) is 3.35. The van der Waals surface area contributed by atoms with Crippen molar-refractivity contribution < 1.29 is 19.5 Å². The molecule has 5 nitrogen and oxygen atoms in total. The fourth-order valence-electron chi connectivity index (χ4n) is 1.91. The summed E-state index contributed by atoms with van der Waals surface area (Å²) in [6, 6.07) is 8.74. The Morgan fingerprint density at radius 2 is 2.00 bits per heavy atom. The number of carbonyl (C=O) groups is 3. The molecule has 1 aromatic carbocycles. The van der Waals surface area contributed by atoms with Crippen LogP contribution in [0.15, 0.2) is 30.3 Å². The lowest BCUT2D eigenvalue weighted by molar-refractivity contribution is -0.142. The van der Waals surface area contributed by atoms with E-state index in [9.17, 15) is 14.4 Å². The summed E-state index contributed by atoms with van der Waals surface area (Å²) in [5, 5.41) is 8.05. The number of benzene rings is 1. The first-order valence-corrected chi connectivity index (χ1v) is 6.72. The molecule has 1 aliphatic heterocycles.